The van der Waals surface area contributed by atoms with Gasteiger partial charge in [-0.25, -0.2) is 0 Å². The molecule has 0 amide bonds. The molecule has 0 radical (unpaired) electrons. The van der Waals surface area contributed by atoms with E-state index in [-0.39, 0.29) is 11.6 Å². The van der Waals surface area contributed by atoms with Crippen LogP contribution in [-0.2, 0) is 4.43 Å². The summed E-state index contributed by atoms with van der Waals surface area (Å²) < 4.78 is 6.45. The van der Waals surface area contributed by atoms with Gasteiger partial charge < -0.3 is 9.53 Å². The molecule has 0 saturated carbocycles. The van der Waals surface area contributed by atoms with E-state index in [0.29, 0.717) is 11.3 Å². The zero-order valence-corrected chi connectivity index (χ0v) is 16.3. The van der Waals surface area contributed by atoms with Crippen LogP contribution in [-0.4, -0.2) is 26.6 Å². The molecule has 1 rings (SSSR count). The molecule has 0 aliphatic heterocycles. The molecule has 0 saturated heterocycles. The highest BCUT2D eigenvalue weighted by molar-refractivity contribution is 6.74. The van der Waals surface area contributed by atoms with Gasteiger partial charge in [0.05, 0.1) is 0 Å². The molecule has 1 N–H and O–H groups in total. The molecule has 21 heavy (non-hydrogen) atoms. The van der Waals surface area contributed by atoms with Crippen molar-refractivity contribution in [2.24, 2.45) is 11.3 Å². The fraction of sp³-hybridized carbons (Fsp3) is 0.889. The van der Waals surface area contributed by atoms with Gasteiger partial charge in [0, 0.05) is 19.1 Å². The average Bonchev–Trinajstić information content (AvgIpc) is 2.68. The molecule has 124 valence electrons. The summed E-state index contributed by atoms with van der Waals surface area (Å²) >= 11 is 0. The van der Waals surface area contributed by atoms with Crippen molar-refractivity contribution in [1.29, 1.82) is 0 Å². The SMILES string of the molecule is CC1(C)CC=C(C(CCCO)CO[Si](C)(C)C(C)(C)C)C1. The molecule has 0 bridgehead atoms. The van der Waals surface area contributed by atoms with Crippen LogP contribution >= 0.6 is 0 Å². The molecule has 0 aromatic carbocycles. The lowest BCUT2D eigenvalue weighted by atomic mass is 9.85. The largest absolute Gasteiger partial charge is 0.416 e. The molecule has 1 aliphatic carbocycles. The summed E-state index contributed by atoms with van der Waals surface area (Å²) in [6.07, 6.45) is 6.72. The fourth-order valence-electron chi connectivity index (χ4n) is 2.65. The van der Waals surface area contributed by atoms with Crippen molar-refractivity contribution in [2.75, 3.05) is 13.2 Å². The Morgan fingerprint density at radius 2 is 1.95 bits per heavy atom. The zero-order valence-electron chi connectivity index (χ0n) is 15.3. The number of hydrogen-bond acceptors (Lipinski definition) is 2. The van der Waals surface area contributed by atoms with Gasteiger partial charge in [-0.3, -0.25) is 0 Å². The maximum Gasteiger partial charge on any atom is 0.192 e. The summed E-state index contributed by atoms with van der Waals surface area (Å²) in [4.78, 5) is 0. The predicted molar refractivity (Wildman–Crippen MR) is 94.1 cm³/mol. The summed E-state index contributed by atoms with van der Waals surface area (Å²) in [6.45, 7) is 17.3. The van der Waals surface area contributed by atoms with E-state index in [2.05, 4.69) is 53.8 Å². The Labute approximate surface area is 133 Å². The molecule has 1 atom stereocenters. The van der Waals surface area contributed by atoms with Crippen LogP contribution in [0.1, 0.15) is 60.3 Å². The third-order valence-electron chi connectivity index (χ3n) is 5.29. The second kappa shape index (κ2) is 6.97. The molecule has 0 spiro atoms. The van der Waals surface area contributed by atoms with E-state index in [1.165, 1.54) is 12.8 Å². The van der Waals surface area contributed by atoms with Gasteiger partial charge in [-0.15, -0.1) is 0 Å². The van der Waals surface area contributed by atoms with Crippen molar-refractivity contribution >= 4 is 8.32 Å². The molecule has 0 aromatic heterocycles. The minimum absolute atomic E-state index is 0.262. The van der Waals surface area contributed by atoms with Crippen molar-refractivity contribution < 1.29 is 9.53 Å². The van der Waals surface area contributed by atoms with Crippen molar-refractivity contribution in [1.82, 2.24) is 0 Å². The van der Waals surface area contributed by atoms with Crippen LogP contribution in [0.2, 0.25) is 18.1 Å². The maximum atomic E-state index is 9.17. The Balaban J connectivity index is 2.68. The second-order valence-electron chi connectivity index (χ2n) is 8.96. The van der Waals surface area contributed by atoms with Crippen LogP contribution in [0.4, 0.5) is 0 Å². The smallest absolute Gasteiger partial charge is 0.192 e. The first-order valence-electron chi connectivity index (χ1n) is 8.42. The van der Waals surface area contributed by atoms with Crippen LogP contribution in [0.5, 0.6) is 0 Å². The van der Waals surface area contributed by atoms with Crippen LogP contribution in [0.15, 0.2) is 11.6 Å². The molecule has 3 heteroatoms. The number of rotatable bonds is 7. The molecule has 0 heterocycles. The Morgan fingerprint density at radius 1 is 1.33 bits per heavy atom. The van der Waals surface area contributed by atoms with E-state index >= 15 is 0 Å². The lowest BCUT2D eigenvalue weighted by Crippen LogP contribution is -2.42. The summed E-state index contributed by atoms with van der Waals surface area (Å²) in [6, 6.07) is 0. The zero-order chi connectivity index (χ0) is 16.3. The summed E-state index contributed by atoms with van der Waals surface area (Å²) in [5, 5.41) is 9.43. The van der Waals surface area contributed by atoms with Crippen LogP contribution < -0.4 is 0 Å². The van der Waals surface area contributed by atoms with Gasteiger partial charge in [0.2, 0.25) is 0 Å². The summed E-state index contributed by atoms with van der Waals surface area (Å²) in [5.74, 6) is 0.494. The first-order chi connectivity index (χ1) is 9.48. The standard InChI is InChI=1S/C18H36O2Si/c1-17(2,3)21(6,7)20-14-16(9-8-12-19)15-10-11-18(4,5)13-15/h10,16,19H,8-9,11-14H2,1-7H3. The minimum atomic E-state index is -1.68. The number of allylic oxidation sites excluding steroid dienone is 1. The number of aliphatic hydroxyl groups excluding tert-OH is 1. The van der Waals surface area contributed by atoms with Gasteiger partial charge in [0.25, 0.3) is 0 Å². The van der Waals surface area contributed by atoms with Crippen molar-refractivity contribution in [2.45, 2.75) is 78.4 Å². The first-order valence-corrected chi connectivity index (χ1v) is 11.3. The lowest BCUT2D eigenvalue weighted by Gasteiger charge is -2.37. The van der Waals surface area contributed by atoms with E-state index in [1.54, 1.807) is 5.57 Å². The Hall–Kier alpha value is -0.123. The van der Waals surface area contributed by atoms with Gasteiger partial charge in [-0.05, 0) is 49.2 Å². The highest BCUT2D eigenvalue weighted by Gasteiger charge is 2.38. The quantitative estimate of drug-likeness (QED) is 0.521. The van der Waals surface area contributed by atoms with E-state index in [4.69, 9.17) is 9.53 Å². The lowest BCUT2D eigenvalue weighted by molar-refractivity contribution is 0.216. The average molecular weight is 313 g/mol. The topological polar surface area (TPSA) is 29.5 Å². The summed E-state index contributed by atoms with van der Waals surface area (Å²) in [7, 11) is -1.68. The normalized spacial score (nSPS) is 20.5. The van der Waals surface area contributed by atoms with Crippen molar-refractivity contribution in [3.63, 3.8) is 0 Å². The third kappa shape index (κ3) is 5.54. The predicted octanol–water partition coefficient (Wildman–Crippen LogP) is 5.14. The van der Waals surface area contributed by atoms with Crippen molar-refractivity contribution in [3.05, 3.63) is 11.6 Å². The van der Waals surface area contributed by atoms with Crippen molar-refractivity contribution in [3.8, 4) is 0 Å². The summed E-state index contributed by atoms with van der Waals surface area (Å²) in [5.41, 5.74) is 1.97. The van der Waals surface area contributed by atoms with Crippen LogP contribution in [0.3, 0.4) is 0 Å². The molecule has 1 unspecified atom stereocenters. The molecule has 1 aliphatic rings. The van der Waals surface area contributed by atoms with Gasteiger partial charge in [-0.1, -0.05) is 46.3 Å². The number of hydrogen-bond donors (Lipinski definition) is 1. The van der Waals surface area contributed by atoms with Gasteiger partial charge >= 0.3 is 0 Å². The first kappa shape index (κ1) is 18.9. The highest BCUT2D eigenvalue weighted by atomic mass is 28.4. The minimum Gasteiger partial charge on any atom is -0.416 e. The third-order valence-corrected chi connectivity index (χ3v) is 9.79. The van der Waals surface area contributed by atoms with E-state index in [1.807, 2.05) is 0 Å². The van der Waals surface area contributed by atoms with Gasteiger partial charge in [-0.2, -0.15) is 0 Å². The highest BCUT2D eigenvalue weighted by Crippen LogP contribution is 2.42. The Bertz CT molecular complexity index is 364. The molecular formula is C18H36O2Si. The van der Waals surface area contributed by atoms with E-state index in [9.17, 15) is 0 Å². The van der Waals surface area contributed by atoms with Gasteiger partial charge in [0.1, 0.15) is 0 Å². The molecule has 0 fully saturated rings. The Kier molecular flexibility index (Phi) is 6.28. The van der Waals surface area contributed by atoms with Gasteiger partial charge in [0.15, 0.2) is 8.32 Å². The van der Waals surface area contributed by atoms with E-state index in [0.717, 1.165) is 19.4 Å². The molecular weight excluding hydrogens is 276 g/mol. The second-order valence-corrected chi connectivity index (χ2v) is 13.8. The molecule has 0 aromatic rings. The molecule has 2 nitrogen and oxygen atoms in total. The Morgan fingerprint density at radius 3 is 2.38 bits per heavy atom. The maximum absolute atomic E-state index is 9.17. The monoisotopic (exact) mass is 312 g/mol. The van der Waals surface area contributed by atoms with Crippen LogP contribution in [0, 0.1) is 11.3 Å². The number of aliphatic hydroxyl groups is 1. The van der Waals surface area contributed by atoms with E-state index < -0.39 is 8.32 Å². The fourth-order valence-corrected chi connectivity index (χ4v) is 3.71. The van der Waals surface area contributed by atoms with Crippen LogP contribution in [0.25, 0.3) is 0 Å².